The molecule has 0 amide bonds. The molecule has 88 valence electrons. The molecule has 2 rings (SSSR count). The van der Waals surface area contributed by atoms with Gasteiger partial charge in [-0.2, -0.15) is 5.10 Å². The van der Waals surface area contributed by atoms with Crippen LogP contribution in [-0.4, -0.2) is 11.2 Å². The standard InChI is InChI=1S/C12H12BrN3S/c1-8-9(2)17-12(15-8)16-14-7-10-3-5-11(13)6-4-10/h3-7H,1-2H3,(H,15,16)/b14-7+. The Hall–Kier alpha value is -1.20. The van der Waals surface area contributed by atoms with Crippen LogP contribution in [0.5, 0.6) is 0 Å². The quantitative estimate of drug-likeness (QED) is 0.688. The van der Waals surface area contributed by atoms with Crippen molar-refractivity contribution in [1.82, 2.24) is 4.98 Å². The average molecular weight is 310 g/mol. The molecule has 0 unspecified atom stereocenters. The van der Waals surface area contributed by atoms with Crippen molar-refractivity contribution in [1.29, 1.82) is 0 Å². The van der Waals surface area contributed by atoms with Crippen LogP contribution in [0.25, 0.3) is 0 Å². The monoisotopic (exact) mass is 309 g/mol. The fourth-order valence-corrected chi connectivity index (χ4v) is 2.26. The second-order valence-electron chi connectivity index (χ2n) is 3.58. The lowest BCUT2D eigenvalue weighted by Gasteiger charge is -1.94. The van der Waals surface area contributed by atoms with Crippen molar-refractivity contribution in [2.24, 2.45) is 5.10 Å². The van der Waals surface area contributed by atoms with Gasteiger partial charge in [-0.25, -0.2) is 4.98 Å². The normalized spacial score (nSPS) is 11.0. The number of anilines is 1. The molecular formula is C12H12BrN3S. The summed E-state index contributed by atoms with van der Waals surface area (Å²) >= 11 is 5.00. The van der Waals surface area contributed by atoms with Crippen LogP contribution in [0.2, 0.25) is 0 Å². The Balaban J connectivity index is 2.00. The van der Waals surface area contributed by atoms with Crippen LogP contribution in [0.15, 0.2) is 33.8 Å². The Morgan fingerprint density at radius 2 is 2.00 bits per heavy atom. The van der Waals surface area contributed by atoms with Crippen LogP contribution < -0.4 is 5.43 Å². The Morgan fingerprint density at radius 3 is 2.59 bits per heavy atom. The largest absolute Gasteiger partial charge is 0.253 e. The van der Waals surface area contributed by atoms with Gasteiger partial charge in [0.15, 0.2) is 0 Å². The second-order valence-corrected chi connectivity index (χ2v) is 5.70. The Bertz CT molecular complexity index is 512. The molecule has 5 heteroatoms. The van der Waals surface area contributed by atoms with Gasteiger partial charge in [0.25, 0.3) is 0 Å². The molecule has 1 aromatic heterocycles. The summed E-state index contributed by atoms with van der Waals surface area (Å²) < 4.78 is 1.06. The smallest absolute Gasteiger partial charge is 0.203 e. The van der Waals surface area contributed by atoms with Gasteiger partial charge >= 0.3 is 0 Å². The average Bonchev–Trinajstić information content (AvgIpc) is 2.61. The molecule has 0 aliphatic heterocycles. The topological polar surface area (TPSA) is 37.3 Å². The molecule has 0 radical (unpaired) electrons. The molecule has 0 saturated carbocycles. The zero-order chi connectivity index (χ0) is 12.3. The van der Waals surface area contributed by atoms with E-state index in [0.717, 1.165) is 20.9 Å². The first-order valence-electron chi connectivity index (χ1n) is 5.14. The number of halogens is 1. The Labute approximate surface area is 113 Å². The highest BCUT2D eigenvalue weighted by molar-refractivity contribution is 9.10. The first-order chi connectivity index (χ1) is 8.15. The molecule has 0 aliphatic rings. The van der Waals surface area contributed by atoms with Gasteiger partial charge < -0.3 is 0 Å². The molecule has 0 spiro atoms. The molecule has 17 heavy (non-hydrogen) atoms. The maximum atomic E-state index is 4.34. The van der Waals surface area contributed by atoms with E-state index in [4.69, 9.17) is 0 Å². The second kappa shape index (κ2) is 5.42. The van der Waals surface area contributed by atoms with Crippen molar-refractivity contribution in [3.63, 3.8) is 0 Å². The lowest BCUT2D eigenvalue weighted by molar-refractivity contribution is 1.20. The molecule has 2 aromatic rings. The first kappa shape index (κ1) is 12.3. The summed E-state index contributed by atoms with van der Waals surface area (Å²) in [4.78, 5) is 5.56. The van der Waals surface area contributed by atoms with Crippen molar-refractivity contribution in [3.8, 4) is 0 Å². The zero-order valence-corrected chi connectivity index (χ0v) is 12.0. The fourth-order valence-electron chi connectivity index (χ4n) is 1.23. The van der Waals surface area contributed by atoms with Gasteiger partial charge in [-0.15, -0.1) is 11.3 Å². The van der Waals surface area contributed by atoms with Crippen molar-refractivity contribution in [2.75, 3.05) is 5.43 Å². The predicted molar refractivity (Wildman–Crippen MR) is 76.9 cm³/mol. The van der Waals surface area contributed by atoms with Crippen molar-refractivity contribution >= 4 is 38.6 Å². The van der Waals surface area contributed by atoms with E-state index in [1.807, 2.05) is 31.2 Å². The maximum absolute atomic E-state index is 4.34. The lowest BCUT2D eigenvalue weighted by atomic mass is 10.2. The first-order valence-corrected chi connectivity index (χ1v) is 6.75. The van der Waals surface area contributed by atoms with Crippen LogP contribution in [-0.2, 0) is 0 Å². The van der Waals surface area contributed by atoms with Gasteiger partial charge in [-0.05, 0) is 31.5 Å². The van der Waals surface area contributed by atoms with E-state index in [2.05, 4.69) is 38.4 Å². The van der Waals surface area contributed by atoms with Crippen LogP contribution in [0.1, 0.15) is 16.1 Å². The van der Waals surface area contributed by atoms with Gasteiger partial charge in [0.05, 0.1) is 11.9 Å². The van der Waals surface area contributed by atoms with Crippen molar-refractivity contribution in [2.45, 2.75) is 13.8 Å². The Kier molecular flexibility index (Phi) is 3.91. The van der Waals surface area contributed by atoms with E-state index in [0.29, 0.717) is 0 Å². The number of benzene rings is 1. The Morgan fingerprint density at radius 1 is 1.29 bits per heavy atom. The summed E-state index contributed by atoms with van der Waals surface area (Å²) in [7, 11) is 0. The fraction of sp³-hybridized carbons (Fsp3) is 0.167. The summed E-state index contributed by atoms with van der Waals surface area (Å²) in [5.41, 5.74) is 5.03. The molecule has 0 bridgehead atoms. The number of hydrogen-bond donors (Lipinski definition) is 1. The summed E-state index contributed by atoms with van der Waals surface area (Å²) in [6.45, 7) is 4.05. The number of aryl methyl sites for hydroxylation is 2. The lowest BCUT2D eigenvalue weighted by Crippen LogP contribution is -1.89. The number of thiazole rings is 1. The molecule has 0 saturated heterocycles. The van der Waals surface area contributed by atoms with E-state index in [9.17, 15) is 0 Å². The third-order valence-corrected chi connectivity index (χ3v) is 3.78. The van der Waals surface area contributed by atoms with E-state index in [1.54, 1.807) is 17.6 Å². The molecule has 1 aromatic carbocycles. The van der Waals surface area contributed by atoms with Crippen molar-refractivity contribution < 1.29 is 0 Å². The molecule has 3 nitrogen and oxygen atoms in total. The van der Waals surface area contributed by atoms with Gasteiger partial charge in [-0.3, -0.25) is 5.43 Å². The van der Waals surface area contributed by atoms with Gasteiger partial charge in [0.2, 0.25) is 5.13 Å². The molecule has 1 heterocycles. The predicted octanol–water partition coefficient (Wildman–Crippen LogP) is 3.97. The van der Waals surface area contributed by atoms with Crippen LogP contribution >= 0.6 is 27.3 Å². The van der Waals surface area contributed by atoms with Crippen LogP contribution in [0.3, 0.4) is 0 Å². The SMILES string of the molecule is Cc1nc(N/N=C/c2ccc(Br)cc2)sc1C. The van der Waals surface area contributed by atoms with E-state index >= 15 is 0 Å². The number of nitrogens with zero attached hydrogens (tertiary/aromatic N) is 2. The molecule has 0 fully saturated rings. The third-order valence-electron chi connectivity index (χ3n) is 2.27. The highest BCUT2D eigenvalue weighted by Gasteiger charge is 2.00. The summed E-state index contributed by atoms with van der Waals surface area (Å²) in [5.74, 6) is 0. The maximum Gasteiger partial charge on any atom is 0.203 e. The van der Waals surface area contributed by atoms with Crippen LogP contribution in [0, 0.1) is 13.8 Å². The third kappa shape index (κ3) is 3.38. The highest BCUT2D eigenvalue weighted by atomic mass is 79.9. The van der Waals surface area contributed by atoms with Gasteiger partial charge in [-0.1, -0.05) is 28.1 Å². The number of rotatable bonds is 3. The van der Waals surface area contributed by atoms with Gasteiger partial charge in [0.1, 0.15) is 0 Å². The number of hydrazone groups is 1. The minimum atomic E-state index is 0.827. The summed E-state index contributed by atoms with van der Waals surface area (Å²) in [6.07, 6.45) is 1.78. The molecule has 1 N–H and O–H groups in total. The zero-order valence-electron chi connectivity index (χ0n) is 9.57. The number of hydrogen-bond acceptors (Lipinski definition) is 4. The van der Waals surface area contributed by atoms with Crippen molar-refractivity contribution in [3.05, 3.63) is 44.9 Å². The van der Waals surface area contributed by atoms with E-state index in [1.165, 1.54) is 4.88 Å². The summed E-state index contributed by atoms with van der Waals surface area (Å²) in [5, 5.41) is 4.98. The highest BCUT2D eigenvalue weighted by Crippen LogP contribution is 2.20. The van der Waals surface area contributed by atoms with Gasteiger partial charge in [0, 0.05) is 9.35 Å². The number of nitrogens with one attached hydrogen (secondary N) is 1. The molecular weight excluding hydrogens is 298 g/mol. The van der Waals surface area contributed by atoms with E-state index < -0.39 is 0 Å². The summed E-state index contributed by atoms with van der Waals surface area (Å²) in [6, 6.07) is 7.96. The minimum Gasteiger partial charge on any atom is -0.253 e. The molecule has 0 aliphatic carbocycles. The van der Waals surface area contributed by atoms with E-state index in [-0.39, 0.29) is 0 Å². The number of aromatic nitrogens is 1. The minimum absolute atomic E-state index is 0.827. The molecule has 0 atom stereocenters. The van der Waals surface area contributed by atoms with Crippen LogP contribution in [0.4, 0.5) is 5.13 Å².